The van der Waals surface area contributed by atoms with Gasteiger partial charge in [0.2, 0.25) is 0 Å². The molecule has 3 N–H and O–H groups in total. The van der Waals surface area contributed by atoms with Gasteiger partial charge in [-0.2, -0.15) is 0 Å². The summed E-state index contributed by atoms with van der Waals surface area (Å²) in [5.41, 5.74) is 5.43. The fourth-order valence-electron chi connectivity index (χ4n) is 1.85. The van der Waals surface area contributed by atoms with Crippen LogP contribution in [0, 0.1) is 5.92 Å². The first-order chi connectivity index (χ1) is 10.9. The Bertz CT molecular complexity index is 542. The van der Waals surface area contributed by atoms with Crippen LogP contribution in [0.1, 0.15) is 30.1 Å². The molecule has 0 radical (unpaired) electrons. The van der Waals surface area contributed by atoms with Gasteiger partial charge in [0, 0.05) is 18.5 Å². The van der Waals surface area contributed by atoms with Crippen LogP contribution < -0.4 is 15.8 Å². The van der Waals surface area contributed by atoms with Crippen molar-refractivity contribution in [2.24, 2.45) is 11.7 Å². The van der Waals surface area contributed by atoms with Crippen molar-refractivity contribution in [1.82, 2.24) is 5.32 Å². The molecule has 2 amide bonds. The molecule has 0 aliphatic carbocycles. The number of primary amides is 1. The van der Waals surface area contributed by atoms with Crippen molar-refractivity contribution in [1.29, 1.82) is 0 Å². The number of amides is 2. The molecule has 0 aromatic heterocycles. The van der Waals surface area contributed by atoms with Crippen LogP contribution in [-0.4, -0.2) is 38.0 Å². The third-order valence-corrected chi connectivity index (χ3v) is 3.17. The van der Waals surface area contributed by atoms with Gasteiger partial charge in [-0.1, -0.05) is 6.92 Å². The molecular weight excluding hydrogens is 300 g/mol. The van der Waals surface area contributed by atoms with E-state index in [2.05, 4.69) is 5.32 Å². The van der Waals surface area contributed by atoms with Crippen LogP contribution in [0.5, 0.6) is 5.75 Å². The number of Topliss-reactive ketones (excluding diaryl/α,β-unsaturated/α-hetero) is 1. The summed E-state index contributed by atoms with van der Waals surface area (Å²) in [6, 6.07) is 6.10. The van der Waals surface area contributed by atoms with Crippen molar-refractivity contribution in [2.75, 3.05) is 20.3 Å². The molecule has 0 bridgehead atoms. The van der Waals surface area contributed by atoms with Crippen molar-refractivity contribution in [3.05, 3.63) is 29.8 Å². The number of nitrogens with two attached hydrogens (primary N) is 1. The lowest BCUT2D eigenvalue weighted by Gasteiger charge is -2.11. The molecule has 1 atom stereocenters. The van der Waals surface area contributed by atoms with E-state index in [0.29, 0.717) is 24.3 Å². The van der Waals surface area contributed by atoms with Crippen LogP contribution >= 0.6 is 0 Å². The van der Waals surface area contributed by atoms with Gasteiger partial charge in [-0.05, 0) is 30.7 Å². The van der Waals surface area contributed by atoms with E-state index in [1.165, 1.54) is 0 Å². The van der Waals surface area contributed by atoms with Gasteiger partial charge in [0.1, 0.15) is 5.75 Å². The summed E-state index contributed by atoms with van der Waals surface area (Å²) in [6.45, 7) is 2.15. The molecule has 0 spiro atoms. The second kappa shape index (κ2) is 9.45. The quantitative estimate of drug-likeness (QED) is 0.407. The lowest BCUT2D eigenvalue weighted by Crippen LogP contribution is -2.30. The van der Waals surface area contributed by atoms with Crippen LogP contribution in [0.15, 0.2) is 24.3 Å². The Morgan fingerprint density at radius 3 is 2.43 bits per heavy atom. The van der Waals surface area contributed by atoms with Gasteiger partial charge >= 0.3 is 12.0 Å². The molecule has 126 valence electrons. The fourth-order valence-corrected chi connectivity index (χ4v) is 1.85. The highest BCUT2D eigenvalue weighted by Crippen LogP contribution is 2.15. The monoisotopic (exact) mass is 322 g/mol. The van der Waals surface area contributed by atoms with E-state index >= 15 is 0 Å². The van der Waals surface area contributed by atoms with E-state index in [0.717, 1.165) is 0 Å². The number of ether oxygens (including phenoxy) is 2. The smallest absolute Gasteiger partial charge is 0.312 e. The van der Waals surface area contributed by atoms with Crippen LogP contribution in [0.4, 0.5) is 4.79 Å². The van der Waals surface area contributed by atoms with Gasteiger partial charge in [0.15, 0.2) is 5.78 Å². The largest absolute Gasteiger partial charge is 0.497 e. The Hall–Kier alpha value is -2.57. The molecular formula is C16H22N2O5. The second-order valence-corrected chi connectivity index (χ2v) is 5.07. The summed E-state index contributed by atoms with van der Waals surface area (Å²) >= 11 is 0. The first kappa shape index (κ1) is 18.5. The molecule has 0 saturated carbocycles. The summed E-state index contributed by atoms with van der Waals surface area (Å²) in [6.07, 6.45) is 0.540. The summed E-state index contributed by atoms with van der Waals surface area (Å²) in [4.78, 5) is 34.4. The van der Waals surface area contributed by atoms with E-state index in [-0.39, 0.29) is 18.8 Å². The zero-order valence-electron chi connectivity index (χ0n) is 13.3. The Kier molecular flexibility index (Phi) is 7.59. The lowest BCUT2D eigenvalue weighted by molar-refractivity contribution is -0.147. The zero-order chi connectivity index (χ0) is 17.2. The summed E-state index contributed by atoms with van der Waals surface area (Å²) in [7, 11) is 1.55. The number of methoxy groups -OCH3 is 1. The summed E-state index contributed by atoms with van der Waals surface area (Å²) in [5.74, 6) is -0.439. The minimum Gasteiger partial charge on any atom is -0.497 e. The van der Waals surface area contributed by atoms with E-state index in [1.54, 1.807) is 38.3 Å². The molecule has 7 heteroatoms. The number of urea groups is 1. The van der Waals surface area contributed by atoms with Crippen molar-refractivity contribution >= 4 is 17.8 Å². The SMILES string of the molecule is COc1ccc(C(=O)CC(C)C(=O)OCCCNC(N)=O)cc1. The van der Waals surface area contributed by atoms with E-state index < -0.39 is 17.9 Å². The highest BCUT2D eigenvalue weighted by atomic mass is 16.5. The molecule has 0 heterocycles. The number of nitrogens with one attached hydrogen (secondary N) is 1. The minimum absolute atomic E-state index is 0.0741. The van der Waals surface area contributed by atoms with Gasteiger partial charge in [0.25, 0.3) is 0 Å². The third kappa shape index (κ3) is 6.82. The zero-order valence-corrected chi connectivity index (χ0v) is 13.3. The van der Waals surface area contributed by atoms with Crippen LogP contribution in [0.25, 0.3) is 0 Å². The molecule has 0 aliphatic heterocycles. The van der Waals surface area contributed by atoms with E-state index in [1.807, 2.05) is 0 Å². The van der Waals surface area contributed by atoms with E-state index in [4.69, 9.17) is 15.2 Å². The topological polar surface area (TPSA) is 108 Å². The molecule has 1 aromatic rings. The molecule has 0 fully saturated rings. The van der Waals surface area contributed by atoms with Gasteiger partial charge < -0.3 is 20.5 Å². The number of esters is 1. The predicted molar refractivity (Wildman–Crippen MR) is 84.3 cm³/mol. The van der Waals surface area contributed by atoms with Crippen molar-refractivity contribution in [3.8, 4) is 5.75 Å². The van der Waals surface area contributed by atoms with Crippen molar-refractivity contribution < 1.29 is 23.9 Å². The maximum absolute atomic E-state index is 12.1. The number of hydrogen-bond donors (Lipinski definition) is 2. The van der Waals surface area contributed by atoms with Gasteiger partial charge in [-0.15, -0.1) is 0 Å². The fraction of sp³-hybridized carbons (Fsp3) is 0.438. The molecule has 23 heavy (non-hydrogen) atoms. The Morgan fingerprint density at radius 1 is 1.22 bits per heavy atom. The first-order valence-electron chi connectivity index (χ1n) is 7.31. The summed E-state index contributed by atoms with van der Waals surface area (Å²) in [5, 5.41) is 2.39. The highest BCUT2D eigenvalue weighted by Gasteiger charge is 2.19. The van der Waals surface area contributed by atoms with Gasteiger partial charge in [0.05, 0.1) is 19.6 Å². The van der Waals surface area contributed by atoms with Crippen LogP contribution in [0.3, 0.4) is 0 Å². The number of rotatable bonds is 9. The van der Waals surface area contributed by atoms with Crippen molar-refractivity contribution in [2.45, 2.75) is 19.8 Å². The lowest BCUT2D eigenvalue weighted by atomic mass is 10.00. The number of carbonyl (C=O) groups is 3. The Morgan fingerprint density at radius 2 is 1.87 bits per heavy atom. The molecule has 1 aromatic carbocycles. The molecule has 1 unspecified atom stereocenters. The van der Waals surface area contributed by atoms with Gasteiger partial charge in [-0.25, -0.2) is 4.79 Å². The molecule has 0 saturated heterocycles. The second-order valence-electron chi connectivity index (χ2n) is 5.07. The van der Waals surface area contributed by atoms with E-state index in [9.17, 15) is 14.4 Å². The highest BCUT2D eigenvalue weighted by molar-refractivity contribution is 5.98. The minimum atomic E-state index is -0.616. The maximum Gasteiger partial charge on any atom is 0.312 e. The Labute approximate surface area is 135 Å². The number of hydrogen-bond acceptors (Lipinski definition) is 5. The number of ketones is 1. The molecule has 7 nitrogen and oxygen atoms in total. The van der Waals surface area contributed by atoms with Crippen LogP contribution in [0.2, 0.25) is 0 Å². The average molecular weight is 322 g/mol. The standard InChI is InChI=1S/C16H22N2O5/c1-11(15(20)23-9-3-8-18-16(17)21)10-14(19)12-4-6-13(22-2)7-5-12/h4-7,11H,3,8-10H2,1-2H3,(H3,17,18,21). The first-order valence-corrected chi connectivity index (χ1v) is 7.31. The third-order valence-electron chi connectivity index (χ3n) is 3.17. The molecule has 0 aliphatic rings. The van der Waals surface area contributed by atoms with Gasteiger partial charge in [-0.3, -0.25) is 9.59 Å². The predicted octanol–water partition coefficient (Wildman–Crippen LogP) is 1.51. The van der Waals surface area contributed by atoms with Crippen molar-refractivity contribution in [3.63, 3.8) is 0 Å². The normalized spacial score (nSPS) is 11.4. The summed E-state index contributed by atoms with van der Waals surface area (Å²) < 4.78 is 10.1. The maximum atomic E-state index is 12.1. The van der Waals surface area contributed by atoms with Crippen LogP contribution in [-0.2, 0) is 9.53 Å². The average Bonchev–Trinajstić information content (AvgIpc) is 2.53. The number of benzene rings is 1. The Balaban J connectivity index is 2.35. The molecule has 1 rings (SSSR count). The number of carbonyl (C=O) groups excluding carboxylic acids is 3.